The summed E-state index contributed by atoms with van der Waals surface area (Å²) in [5.74, 6) is -0.557. The van der Waals surface area contributed by atoms with Crippen LogP contribution in [0.3, 0.4) is 0 Å². The van der Waals surface area contributed by atoms with Gasteiger partial charge in [0.2, 0.25) is 5.91 Å². The maximum atomic E-state index is 12.4. The molecule has 1 aliphatic heterocycles. The van der Waals surface area contributed by atoms with Crippen molar-refractivity contribution in [1.29, 1.82) is 5.41 Å². The van der Waals surface area contributed by atoms with E-state index in [1.54, 1.807) is 6.07 Å². The number of benzene rings is 2. The number of ether oxygens (including phenoxy) is 1. The van der Waals surface area contributed by atoms with Crippen LogP contribution in [0.5, 0.6) is 5.75 Å². The van der Waals surface area contributed by atoms with Crippen LogP contribution in [0.25, 0.3) is 0 Å². The predicted molar refractivity (Wildman–Crippen MR) is 130 cm³/mol. The van der Waals surface area contributed by atoms with E-state index in [0.29, 0.717) is 30.0 Å². The number of hydrogen-bond acceptors (Lipinski definition) is 6. The zero-order chi connectivity index (χ0) is 24.1. The lowest BCUT2D eigenvalue weighted by Crippen LogP contribution is -2.42. The lowest BCUT2D eigenvalue weighted by atomic mass is 9.97. The second-order valence-corrected chi connectivity index (χ2v) is 7.97. The third-order valence-electron chi connectivity index (χ3n) is 5.07. The number of hydrogen-bond donors (Lipinski definition) is 5. The molecule has 10 heteroatoms. The Morgan fingerprint density at radius 2 is 1.94 bits per heavy atom. The van der Waals surface area contributed by atoms with Crippen molar-refractivity contribution >= 4 is 46.4 Å². The average molecular weight is 488 g/mol. The van der Waals surface area contributed by atoms with E-state index in [1.807, 2.05) is 18.2 Å². The monoisotopic (exact) mass is 487 g/mol. The lowest BCUT2D eigenvalue weighted by Gasteiger charge is -2.31. The molecule has 8 nitrogen and oxygen atoms in total. The van der Waals surface area contributed by atoms with Crippen LogP contribution >= 0.6 is 23.2 Å². The van der Waals surface area contributed by atoms with Gasteiger partial charge in [0, 0.05) is 17.8 Å². The van der Waals surface area contributed by atoms with Gasteiger partial charge in [0.15, 0.2) is 5.75 Å². The van der Waals surface area contributed by atoms with E-state index in [1.165, 1.54) is 25.3 Å². The molecular formula is C23H23Cl2N5O3. The average Bonchev–Trinajstić information content (AvgIpc) is 2.79. The minimum absolute atomic E-state index is 0.0513. The number of para-hydroxylation sites is 1. The van der Waals surface area contributed by atoms with Gasteiger partial charge in [-0.2, -0.15) is 0 Å². The molecule has 3 rings (SSSR count). The van der Waals surface area contributed by atoms with E-state index < -0.39 is 5.91 Å². The van der Waals surface area contributed by atoms with E-state index >= 15 is 0 Å². The first-order valence-electron chi connectivity index (χ1n) is 9.96. The summed E-state index contributed by atoms with van der Waals surface area (Å²) >= 11 is 12.4. The van der Waals surface area contributed by atoms with Crippen molar-refractivity contribution in [2.45, 2.75) is 12.5 Å². The molecule has 33 heavy (non-hydrogen) atoms. The first kappa shape index (κ1) is 24.2. The minimum atomic E-state index is -0.799. The summed E-state index contributed by atoms with van der Waals surface area (Å²) in [5, 5.41) is 18.2. The maximum Gasteiger partial charge on any atom is 0.254 e. The highest BCUT2D eigenvalue weighted by atomic mass is 35.5. The van der Waals surface area contributed by atoms with Crippen LogP contribution in [0.2, 0.25) is 10.0 Å². The molecule has 1 unspecified atom stereocenters. The molecule has 0 aromatic heterocycles. The van der Waals surface area contributed by atoms with Gasteiger partial charge in [-0.25, -0.2) is 0 Å². The molecule has 0 saturated carbocycles. The Morgan fingerprint density at radius 1 is 1.27 bits per heavy atom. The third kappa shape index (κ3) is 5.30. The Hall–Kier alpha value is -3.49. The molecule has 1 heterocycles. The predicted octanol–water partition coefficient (Wildman–Crippen LogP) is 3.52. The van der Waals surface area contributed by atoms with Crippen LogP contribution in [0, 0.1) is 5.41 Å². The van der Waals surface area contributed by atoms with E-state index in [-0.39, 0.29) is 39.0 Å². The van der Waals surface area contributed by atoms with Crippen LogP contribution in [-0.2, 0) is 9.59 Å². The molecule has 2 aromatic rings. The van der Waals surface area contributed by atoms with Gasteiger partial charge in [-0.05, 0) is 36.3 Å². The summed E-state index contributed by atoms with van der Waals surface area (Å²) in [6, 6.07) is 10.0. The lowest BCUT2D eigenvalue weighted by molar-refractivity contribution is -0.114. The van der Waals surface area contributed by atoms with E-state index in [9.17, 15) is 9.59 Å². The van der Waals surface area contributed by atoms with Crippen molar-refractivity contribution in [3.63, 3.8) is 0 Å². The fourth-order valence-electron chi connectivity index (χ4n) is 3.55. The Balaban J connectivity index is 1.99. The van der Waals surface area contributed by atoms with Gasteiger partial charge in [-0.1, -0.05) is 48.0 Å². The van der Waals surface area contributed by atoms with E-state index in [2.05, 4.69) is 22.5 Å². The van der Waals surface area contributed by atoms with Crippen molar-refractivity contribution in [3.05, 3.63) is 81.6 Å². The highest BCUT2D eigenvalue weighted by Gasteiger charge is 2.27. The molecule has 1 atom stereocenters. The Bertz CT molecular complexity index is 1140. The van der Waals surface area contributed by atoms with Crippen LogP contribution in [0.4, 0.5) is 5.69 Å². The molecule has 0 radical (unpaired) electrons. The van der Waals surface area contributed by atoms with Gasteiger partial charge >= 0.3 is 0 Å². The first-order valence-corrected chi connectivity index (χ1v) is 10.7. The van der Waals surface area contributed by atoms with Crippen molar-refractivity contribution < 1.29 is 14.3 Å². The molecule has 1 saturated heterocycles. The number of anilines is 1. The van der Waals surface area contributed by atoms with Gasteiger partial charge in [-0.15, -0.1) is 0 Å². The summed E-state index contributed by atoms with van der Waals surface area (Å²) in [6.45, 7) is 3.98. The molecule has 172 valence electrons. The fourth-order valence-corrected chi connectivity index (χ4v) is 4.19. The molecule has 2 amide bonds. The van der Waals surface area contributed by atoms with Gasteiger partial charge in [0.05, 0.1) is 28.9 Å². The number of carbonyl (C=O) groups excluding carboxylic acids is 2. The van der Waals surface area contributed by atoms with Crippen molar-refractivity contribution in [2.75, 3.05) is 19.0 Å². The first-order chi connectivity index (χ1) is 15.8. The second kappa shape index (κ2) is 10.4. The van der Waals surface area contributed by atoms with E-state index in [4.69, 9.17) is 39.1 Å². The summed E-state index contributed by atoms with van der Waals surface area (Å²) in [7, 11) is 1.43. The van der Waals surface area contributed by atoms with Crippen molar-refractivity contribution in [2.24, 2.45) is 5.73 Å². The number of rotatable bonds is 7. The molecule has 2 aromatic carbocycles. The SMILES string of the molecule is C=CC(=O)Nc1ccccc1C1CCN/C(=C(/C(=N)c2cc(Cl)c(OC)c(Cl)c2)C(N)=O)N1. The molecule has 0 aliphatic carbocycles. The van der Waals surface area contributed by atoms with Crippen LogP contribution in [0.1, 0.15) is 23.6 Å². The maximum absolute atomic E-state index is 12.4. The Morgan fingerprint density at radius 3 is 2.55 bits per heavy atom. The smallest absolute Gasteiger partial charge is 0.254 e. The highest BCUT2D eigenvalue weighted by molar-refractivity contribution is 6.38. The van der Waals surface area contributed by atoms with Gasteiger partial charge in [-0.3, -0.25) is 15.0 Å². The Labute approximate surface area is 201 Å². The van der Waals surface area contributed by atoms with Gasteiger partial charge < -0.3 is 26.4 Å². The summed E-state index contributed by atoms with van der Waals surface area (Å²) in [4.78, 5) is 24.2. The number of amides is 2. The molecule has 1 aliphatic rings. The summed E-state index contributed by atoms with van der Waals surface area (Å²) in [5.41, 5.74) is 7.19. The summed E-state index contributed by atoms with van der Waals surface area (Å²) in [6.07, 6.45) is 1.85. The molecule has 0 bridgehead atoms. The molecular weight excluding hydrogens is 465 g/mol. The second-order valence-electron chi connectivity index (χ2n) is 7.16. The van der Waals surface area contributed by atoms with Crippen molar-refractivity contribution in [3.8, 4) is 5.75 Å². The van der Waals surface area contributed by atoms with Gasteiger partial charge in [0.1, 0.15) is 11.4 Å². The van der Waals surface area contributed by atoms with Gasteiger partial charge in [0.25, 0.3) is 5.91 Å². The highest BCUT2D eigenvalue weighted by Crippen LogP contribution is 2.35. The summed E-state index contributed by atoms with van der Waals surface area (Å²) < 4.78 is 5.15. The molecule has 6 N–H and O–H groups in total. The Kier molecular flexibility index (Phi) is 7.63. The van der Waals surface area contributed by atoms with Crippen LogP contribution < -0.4 is 26.4 Å². The zero-order valence-corrected chi connectivity index (χ0v) is 19.3. The quantitative estimate of drug-likeness (QED) is 0.301. The number of carbonyl (C=O) groups is 2. The standard InChI is InChI=1S/C23H23Cl2N5O3/c1-3-18(31)29-16-7-5-4-6-13(16)17-8-9-28-23(30-17)19(22(27)32)20(26)12-10-14(24)21(33-2)15(25)11-12/h3-7,10-11,17,26,28,30H,1,8-9H2,2H3,(H2,27,32)(H,29,31)/b23-19+,26-20?. The van der Waals surface area contributed by atoms with Crippen LogP contribution in [0.15, 0.2) is 60.4 Å². The zero-order valence-electron chi connectivity index (χ0n) is 17.8. The number of methoxy groups -OCH3 is 1. The number of nitrogens with two attached hydrogens (primary N) is 1. The third-order valence-corrected chi connectivity index (χ3v) is 5.63. The van der Waals surface area contributed by atoms with Crippen LogP contribution in [-0.4, -0.2) is 31.2 Å². The topological polar surface area (TPSA) is 129 Å². The normalized spacial score (nSPS) is 16.6. The fraction of sp³-hybridized carbons (Fsp3) is 0.174. The molecule has 0 spiro atoms. The number of nitrogens with one attached hydrogen (secondary N) is 4. The van der Waals surface area contributed by atoms with E-state index in [0.717, 1.165) is 5.56 Å². The molecule has 1 fully saturated rings. The largest absolute Gasteiger partial charge is 0.494 e. The van der Waals surface area contributed by atoms with Crippen molar-refractivity contribution in [1.82, 2.24) is 10.6 Å². The minimum Gasteiger partial charge on any atom is -0.494 e. The number of halogens is 2. The number of primary amides is 1.